The summed E-state index contributed by atoms with van der Waals surface area (Å²) in [6, 6.07) is 37.4. The van der Waals surface area contributed by atoms with Crippen LogP contribution < -0.4 is 28.4 Å². The molecule has 92 heavy (non-hydrogen) atoms. The van der Waals surface area contributed by atoms with E-state index in [-0.39, 0.29) is 121 Å². The quantitative estimate of drug-likeness (QED) is 0.0197. The van der Waals surface area contributed by atoms with Crippen LogP contribution in [0.5, 0.6) is 56.1 Å². The second kappa shape index (κ2) is 22.2. The lowest BCUT2D eigenvalue weighted by Crippen LogP contribution is -2.53. The van der Waals surface area contributed by atoms with Crippen LogP contribution in [0.2, 0.25) is 0 Å². The third kappa shape index (κ3) is 10.6. The van der Waals surface area contributed by atoms with E-state index in [4.69, 9.17) is 37.9 Å². The zero-order valence-electron chi connectivity index (χ0n) is 47.0. The Morgan fingerprint density at radius 3 is 0.935 bits per heavy atom. The molecule has 4 atom stereocenters. The number of rotatable bonds is 18. The molecule has 0 bridgehead atoms. The molecule has 460 valence electrons. The van der Waals surface area contributed by atoms with E-state index in [1.807, 2.05) is 0 Å². The lowest BCUT2D eigenvalue weighted by Gasteiger charge is -2.35. The fourth-order valence-corrected chi connectivity index (χ4v) is 13.6. The maximum atomic E-state index is 15.7. The fraction of sp³-hybridized carbons (Fsp3) is 0.147. The molecular formula is C68H40F6N2O14S2. The first kappa shape index (κ1) is 58.0. The number of carbonyl (C=O) groups is 6. The Hall–Kier alpha value is -10.4. The molecule has 2 aromatic heterocycles. The molecule has 4 aliphatic heterocycles. The second-order valence-corrected chi connectivity index (χ2v) is 23.9. The predicted octanol–water partition coefficient (Wildman–Crippen LogP) is 16.2. The van der Waals surface area contributed by atoms with Gasteiger partial charge in [0.1, 0.15) is 70.3 Å². The van der Waals surface area contributed by atoms with E-state index in [1.54, 1.807) is 133 Å². The number of amides is 4. The third-order valence-electron chi connectivity index (χ3n) is 15.8. The topological polar surface area (TPSA) is 189 Å². The summed E-state index contributed by atoms with van der Waals surface area (Å²) >= 11 is 1.87. The monoisotopic (exact) mass is 1290 g/mol. The van der Waals surface area contributed by atoms with Gasteiger partial charge >= 0.3 is 24.3 Å². The molecule has 9 aromatic carbocycles. The number of hydrogen-bond donors (Lipinski definition) is 0. The number of nitrogens with zero attached hydrogens (tertiary/aromatic N) is 2. The van der Waals surface area contributed by atoms with E-state index in [1.165, 1.54) is 36.4 Å². The van der Waals surface area contributed by atoms with Gasteiger partial charge in [0.15, 0.2) is 10.1 Å². The molecule has 0 aliphatic carbocycles. The number of para-hydroxylation sites is 4. The molecule has 0 spiro atoms. The first-order valence-electron chi connectivity index (χ1n) is 28.4. The van der Waals surface area contributed by atoms with E-state index in [2.05, 4.69) is 0 Å². The maximum Gasteiger partial charge on any atom is 0.391 e. The van der Waals surface area contributed by atoms with E-state index >= 15 is 45.5 Å². The summed E-state index contributed by atoms with van der Waals surface area (Å²) in [6.07, 6.45) is -15.1. The highest BCUT2D eigenvalue weighted by atomic mass is 32.1. The van der Waals surface area contributed by atoms with Gasteiger partial charge in [0, 0.05) is 52.8 Å². The van der Waals surface area contributed by atoms with Crippen molar-refractivity contribution in [3.05, 3.63) is 202 Å². The first-order chi connectivity index (χ1) is 44.3. The largest absolute Gasteiger partial charge is 0.457 e. The highest BCUT2D eigenvalue weighted by Crippen LogP contribution is 2.58. The number of halogens is 6. The van der Waals surface area contributed by atoms with Crippen molar-refractivity contribution in [1.82, 2.24) is 9.80 Å². The summed E-state index contributed by atoms with van der Waals surface area (Å²) in [4.78, 5) is 93.3. The molecule has 0 N–H and O–H groups in total. The standard InChI is InChI=1S/C68H40F6N2O14S2/c69-67(70,71)29-41(65(81)89-51-23-21-49(91-51)47-31-83-47)75-61(77)37-25-43(85-33-13-5-1-6-14-33)55-56-44(86-34-15-7-2-8-16-34)26-39-54-40(64(80)76(63(39)79)42(30-68(72,73)74)66(82)90-52-24-22-50(92-52)48-32-84-48)28-46(88-36-19-11-4-12-20-36)58(60(54)56)57-45(87-35-17-9-3-10-18-35)27-38(62(75)78)53(37)59(55)57/h1-28,41-42,47-48H,29-32H2. The second-order valence-electron chi connectivity index (χ2n) is 21.8. The summed E-state index contributed by atoms with van der Waals surface area (Å²) in [5.41, 5.74) is -1.80. The molecule has 4 unspecified atom stereocenters. The van der Waals surface area contributed by atoms with Crippen molar-refractivity contribution in [3.63, 3.8) is 0 Å². The van der Waals surface area contributed by atoms with Crippen LogP contribution in [0, 0.1) is 0 Å². The lowest BCUT2D eigenvalue weighted by molar-refractivity contribution is -0.160. The Labute approximate surface area is 522 Å². The number of imide groups is 2. The maximum absolute atomic E-state index is 15.7. The zero-order valence-corrected chi connectivity index (χ0v) is 48.6. The molecular weight excluding hydrogens is 1250 g/mol. The van der Waals surface area contributed by atoms with Crippen LogP contribution in [0.25, 0.3) is 43.1 Å². The summed E-state index contributed by atoms with van der Waals surface area (Å²) in [7, 11) is 0. The van der Waals surface area contributed by atoms with Crippen molar-refractivity contribution in [2.75, 3.05) is 13.2 Å². The molecule has 0 radical (unpaired) electrons. The average Bonchev–Trinajstić information content (AvgIpc) is 1.22. The Kier molecular flexibility index (Phi) is 14.0. The minimum Gasteiger partial charge on any atom is -0.457 e. The molecule has 4 aliphatic rings. The molecule has 11 aromatic rings. The number of carbonyl (C=O) groups excluding carboxylic acids is 6. The normalized spacial score (nSPS) is 16.8. The van der Waals surface area contributed by atoms with Gasteiger partial charge in [0.05, 0.1) is 48.3 Å². The number of fused-ring (bicyclic) bond motifs is 2. The molecule has 2 fully saturated rings. The number of hydrogen-bond acceptors (Lipinski definition) is 16. The van der Waals surface area contributed by atoms with Gasteiger partial charge in [-0.05, 0) is 97.1 Å². The van der Waals surface area contributed by atoms with Crippen LogP contribution in [0.15, 0.2) is 170 Å². The van der Waals surface area contributed by atoms with Crippen molar-refractivity contribution in [2.45, 2.75) is 49.5 Å². The third-order valence-corrected chi connectivity index (χ3v) is 17.9. The molecule has 6 heterocycles. The predicted molar refractivity (Wildman–Crippen MR) is 321 cm³/mol. The van der Waals surface area contributed by atoms with Gasteiger partial charge in [-0.15, -0.1) is 22.7 Å². The van der Waals surface area contributed by atoms with Gasteiger partial charge in [0.2, 0.25) is 0 Å². The van der Waals surface area contributed by atoms with E-state index in [0.29, 0.717) is 23.0 Å². The number of thiophene rings is 2. The van der Waals surface area contributed by atoms with Crippen LogP contribution in [-0.4, -0.2) is 83.0 Å². The summed E-state index contributed by atoms with van der Waals surface area (Å²) in [5, 5.41) is -0.888. The lowest BCUT2D eigenvalue weighted by atomic mass is 9.80. The minimum absolute atomic E-state index is 0.0311. The van der Waals surface area contributed by atoms with Crippen molar-refractivity contribution in [3.8, 4) is 56.1 Å². The number of alkyl halides is 6. The van der Waals surface area contributed by atoms with Gasteiger partial charge in [-0.25, -0.2) is 9.59 Å². The van der Waals surface area contributed by atoms with Crippen molar-refractivity contribution in [2.24, 2.45) is 0 Å². The minimum atomic E-state index is -5.19. The average molecular weight is 1290 g/mol. The summed E-state index contributed by atoms with van der Waals surface area (Å²) in [5.74, 6) is -9.24. The molecule has 0 saturated carbocycles. The van der Waals surface area contributed by atoms with Crippen molar-refractivity contribution in [1.29, 1.82) is 0 Å². The van der Waals surface area contributed by atoms with Crippen molar-refractivity contribution >= 4 is 101 Å². The molecule has 4 amide bonds. The Bertz CT molecular complexity index is 4350. The van der Waals surface area contributed by atoms with Crippen LogP contribution in [0.4, 0.5) is 26.3 Å². The van der Waals surface area contributed by atoms with E-state index in [0.717, 1.165) is 22.7 Å². The fourth-order valence-electron chi connectivity index (χ4n) is 11.8. The highest BCUT2D eigenvalue weighted by Gasteiger charge is 2.51. The van der Waals surface area contributed by atoms with Crippen LogP contribution >= 0.6 is 22.7 Å². The number of benzene rings is 9. The van der Waals surface area contributed by atoms with E-state index < -0.39 is 95.1 Å². The summed E-state index contributed by atoms with van der Waals surface area (Å²) in [6.45, 7) is 0.739. The molecule has 16 nitrogen and oxygen atoms in total. The number of ether oxygens (including phenoxy) is 8. The summed E-state index contributed by atoms with van der Waals surface area (Å²) < 4.78 is 139. The number of esters is 2. The van der Waals surface area contributed by atoms with Gasteiger partial charge in [0.25, 0.3) is 23.6 Å². The molecule has 15 rings (SSSR count). The number of epoxide rings is 2. The van der Waals surface area contributed by atoms with Crippen LogP contribution in [0.3, 0.4) is 0 Å². The Balaban J connectivity index is 1.04. The first-order valence-corrected chi connectivity index (χ1v) is 30.0. The van der Waals surface area contributed by atoms with Gasteiger partial charge < -0.3 is 37.9 Å². The highest BCUT2D eigenvalue weighted by molar-refractivity contribution is 7.14. The SMILES string of the molecule is O=C(Oc1ccc(C2CO2)s1)C(CC(F)(F)F)N1C(=O)c2cc(Oc3ccccc3)c3c4c(Oc5ccccc5)cc5c6c(cc(Oc7ccccc7)c(c7c(Oc8ccccc8)cc(c2c37)C1=O)c64)C(=O)N(C(CC(F)(F)F)C(=O)Oc1ccc(C2CO2)s1)C5=O. The van der Waals surface area contributed by atoms with Gasteiger partial charge in [-0.1, -0.05) is 72.8 Å². The van der Waals surface area contributed by atoms with Crippen LogP contribution in [-0.2, 0) is 19.1 Å². The van der Waals surface area contributed by atoms with Crippen molar-refractivity contribution < 1.29 is 93.0 Å². The Morgan fingerprint density at radius 2 is 0.685 bits per heavy atom. The molecule has 24 heteroatoms. The zero-order chi connectivity index (χ0) is 63.5. The smallest absolute Gasteiger partial charge is 0.391 e. The van der Waals surface area contributed by atoms with Crippen LogP contribution in [0.1, 0.15) is 76.2 Å². The molecule has 2 saturated heterocycles. The van der Waals surface area contributed by atoms with E-state index in [9.17, 15) is 9.59 Å². The van der Waals surface area contributed by atoms with Gasteiger partial charge in [-0.2, -0.15) is 26.3 Å². The van der Waals surface area contributed by atoms with Gasteiger partial charge in [-0.3, -0.25) is 29.0 Å². The Morgan fingerprint density at radius 1 is 0.413 bits per heavy atom.